The molecular weight excluding hydrogens is 250 g/mol. The van der Waals surface area contributed by atoms with Crippen LogP contribution in [0, 0.1) is 6.92 Å². The number of carboxylic acid groups (broad SMARTS) is 1. The highest BCUT2D eigenvalue weighted by molar-refractivity contribution is 9.10. The molecule has 0 radical (unpaired) electrons. The van der Waals surface area contributed by atoms with Crippen molar-refractivity contribution in [1.82, 2.24) is 0 Å². The molecule has 1 aromatic rings. The van der Waals surface area contributed by atoms with Crippen LogP contribution in [0.5, 0.6) is 5.75 Å². The molecule has 0 aliphatic carbocycles. The number of phenols is 1. The van der Waals surface area contributed by atoms with Crippen LogP contribution in [0.15, 0.2) is 16.6 Å². The van der Waals surface area contributed by atoms with Crippen LogP contribution in [-0.2, 0) is 4.79 Å². The lowest BCUT2D eigenvalue weighted by atomic mass is 10.1. The molecule has 0 aromatic heterocycles. The van der Waals surface area contributed by atoms with E-state index in [0.29, 0.717) is 15.6 Å². The molecule has 0 aliphatic rings. The Labute approximate surface area is 89.5 Å². The largest absolute Gasteiger partial charge is 0.506 e. The monoisotopic (exact) mass is 259 g/mol. The molecule has 1 unspecified atom stereocenters. The van der Waals surface area contributed by atoms with Gasteiger partial charge in [0, 0.05) is 0 Å². The average molecular weight is 260 g/mol. The first-order chi connectivity index (χ1) is 6.45. The zero-order chi connectivity index (χ0) is 10.9. The highest BCUT2D eigenvalue weighted by atomic mass is 79.9. The fourth-order valence-electron chi connectivity index (χ4n) is 1.05. The van der Waals surface area contributed by atoms with Crippen molar-refractivity contribution < 1.29 is 15.0 Å². The number of rotatable bonds is 2. The first kappa shape index (κ1) is 11.0. The van der Waals surface area contributed by atoms with Gasteiger partial charge in [-0.3, -0.25) is 4.79 Å². The molecule has 14 heavy (non-hydrogen) atoms. The molecule has 1 rings (SSSR count). The van der Waals surface area contributed by atoms with Gasteiger partial charge in [-0.05, 0) is 34.0 Å². The minimum Gasteiger partial charge on any atom is -0.506 e. The third-order valence-corrected chi connectivity index (χ3v) is 2.78. The highest BCUT2D eigenvalue weighted by Gasteiger charge is 2.19. The Morgan fingerprint density at radius 3 is 2.64 bits per heavy atom. The fraction of sp³-hybridized carbons (Fsp3) is 0.222. The number of aryl methyl sites for hydroxylation is 1. The summed E-state index contributed by atoms with van der Waals surface area (Å²) >= 11 is 3.11. The van der Waals surface area contributed by atoms with Crippen molar-refractivity contribution in [1.29, 1.82) is 0 Å². The van der Waals surface area contributed by atoms with Gasteiger partial charge in [0.1, 0.15) is 11.8 Å². The summed E-state index contributed by atoms with van der Waals surface area (Å²) < 4.78 is 0.340. The van der Waals surface area contributed by atoms with E-state index < -0.39 is 12.0 Å². The Bertz CT molecular complexity index is 379. The van der Waals surface area contributed by atoms with Crippen molar-refractivity contribution in [2.45, 2.75) is 13.0 Å². The topological polar surface area (TPSA) is 83.6 Å². The van der Waals surface area contributed by atoms with Crippen LogP contribution in [0.25, 0.3) is 0 Å². The van der Waals surface area contributed by atoms with Gasteiger partial charge < -0.3 is 15.9 Å². The van der Waals surface area contributed by atoms with Crippen LogP contribution in [0.2, 0.25) is 0 Å². The summed E-state index contributed by atoms with van der Waals surface area (Å²) in [5.41, 5.74) is 6.44. The first-order valence-corrected chi connectivity index (χ1v) is 4.70. The van der Waals surface area contributed by atoms with E-state index in [1.54, 1.807) is 19.1 Å². The molecule has 0 saturated heterocycles. The maximum absolute atomic E-state index is 10.6. The van der Waals surface area contributed by atoms with Gasteiger partial charge in [-0.25, -0.2) is 0 Å². The van der Waals surface area contributed by atoms with Gasteiger partial charge in [0.15, 0.2) is 0 Å². The van der Waals surface area contributed by atoms with Gasteiger partial charge in [0.25, 0.3) is 0 Å². The molecule has 76 valence electrons. The third-order valence-electron chi connectivity index (χ3n) is 1.95. The molecule has 0 amide bonds. The lowest BCUT2D eigenvalue weighted by Crippen LogP contribution is -2.21. The summed E-state index contributed by atoms with van der Waals surface area (Å²) in [5, 5.41) is 18.2. The van der Waals surface area contributed by atoms with Crippen molar-refractivity contribution >= 4 is 21.9 Å². The third kappa shape index (κ3) is 1.88. The molecule has 5 heteroatoms. The number of aliphatic carboxylic acids is 1. The normalized spacial score (nSPS) is 12.5. The molecule has 0 bridgehead atoms. The second-order valence-corrected chi connectivity index (χ2v) is 3.74. The molecule has 0 fully saturated rings. The lowest BCUT2D eigenvalue weighted by molar-refractivity contribution is -0.138. The Kier molecular flexibility index (Phi) is 3.13. The molecule has 0 saturated carbocycles. The van der Waals surface area contributed by atoms with Crippen molar-refractivity contribution in [2.24, 2.45) is 5.73 Å². The van der Waals surface area contributed by atoms with Gasteiger partial charge in [0.05, 0.1) is 4.47 Å². The van der Waals surface area contributed by atoms with Crippen LogP contribution >= 0.6 is 15.9 Å². The predicted molar refractivity (Wildman–Crippen MR) is 55.1 cm³/mol. The first-order valence-electron chi connectivity index (χ1n) is 3.91. The summed E-state index contributed by atoms with van der Waals surface area (Å²) in [6, 6.07) is 2.08. The SMILES string of the molecule is Cc1ccc(C(N)C(=O)O)c(Br)c1O. The minimum absolute atomic E-state index is 0.0270. The molecule has 4 N–H and O–H groups in total. The van der Waals surface area contributed by atoms with Crippen molar-refractivity contribution in [2.75, 3.05) is 0 Å². The standard InChI is InChI=1S/C9H10BrNO3/c1-4-2-3-5(6(10)8(4)12)7(11)9(13)14/h2-3,7,12H,11H2,1H3,(H,13,14). The van der Waals surface area contributed by atoms with E-state index >= 15 is 0 Å². The average Bonchev–Trinajstić information content (AvgIpc) is 2.13. The number of aromatic hydroxyl groups is 1. The zero-order valence-electron chi connectivity index (χ0n) is 7.49. The molecular formula is C9H10BrNO3. The molecule has 0 aliphatic heterocycles. The summed E-state index contributed by atoms with van der Waals surface area (Å²) in [6.45, 7) is 1.72. The number of hydrogen-bond acceptors (Lipinski definition) is 3. The minimum atomic E-state index is -1.13. The molecule has 1 atom stereocenters. The number of phenolic OH excluding ortho intramolecular Hbond substituents is 1. The second kappa shape index (κ2) is 3.98. The van der Waals surface area contributed by atoms with Crippen LogP contribution in [0.4, 0.5) is 0 Å². The van der Waals surface area contributed by atoms with E-state index in [4.69, 9.17) is 10.8 Å². The van der Waals surface area contributed by atoms with E-state index in [0.717, 1.165) is 0 Å². The summed E-state index contributed by atoms with van der Waals surface area (Å²) in [6.07, 6.45) is 0. The second-order valence-electron chi connectivity index (χ2n) is 2.95. The van der Waals surface area contributed by atoms with E-state index in [1.807, 2.05) is 0 Å². The van der Waals surface area contributed by atoms with Crippen LogP contribution in [0.1, 0.15) is 17.2 Å². The Morgan fingerprint density at radius 1 is 1.57 bits per heavy atom. The Morgan fingerprint density at radius 2 is 2.14 bits per heavy atom. The number of carboxylic acids is 1. The fourth-order valence-corrected chi connectivity index (χ4v) is 1.74. The van der Waals surface area contributed by atoms with Gasteiger partial charge in [-0.1, -0.05) is 12.1 Å². The van der Waals surface area contributed by atoms with E-state index in [-0.39, 0.29) is 5.75 Å². The van der Waals surface area contributed by atoms with Gasteiger partial charge in [-0.2, -0.15) is 0 Å². The van der Waals surface area contributed by atoms with Gasteiger partial charge >= 0.3 is 5.97 Å². The maximum atomic E-state index is 10.6. The molecule has 1 aromatic carbocycles. The number of carbonyl (C=O) groups is 1. The molecule has 0 heterocycles. The maximum Gasteiger partial charge on any atom is 0.325 e. The Hall–Kier alpha value is -1.07. The smallest absolute Gasteiger partial charge is 0.325 e. The van der Waals surface area contributed by atoms with Crippen molar-refractivity contribution in [3.8, 4) is 5.75 Å². The molecule has 4 nitrogen and oxygen atoms in total. The Balaban J connectivity index is 3.24. The zero-order valence-corrected chi connectivity index (χ0v) is 9.08. The van der Waals surface area contributed by atoms with Gasteiger partial charge in [0.2, 0.25) is 0 Å². The summed E-state index contributed by atoms with van der Waals surface area (Å²) in [4.78, 5) is 10.6. The number of halogens is 1. The number of hydrogen-bond donors (Lipinski definition) is 3. The van der Waals surface area contributed by atoms with Crippen LogP contribution < -0.4 is 5.73 Å². The summed E-state index contributed by atoms with van der Waals surface area (Å²) in [5.74, 6) is -1.10. The highest BCUT2D eigenvalue weighted by Crippen LogP contribution is 2.33. The summed E-state index contributed by atoms with van der Waals surface area (Å²) in [7, 11) is 0. The number of benzene rings is 1. The lowest BCUT2D eigenvalue weighted by Gasteiger charge is -2.11. The van der Waals surface area contributed by atoms with E-state index in [1.165, 1.54) is 0 Å². The van der Waals surface area contributed by atoms with Crippen LogP contribution in [0.3, 0.4) is 0 Å². The van der Waals surface area contributed by atoms with Gasteiger partial charge in [-0.15, -0.1) is 0 Å². The quantitative estimate of drug-likeness (QED) is 0.753. The van der Waals surface area contributed by atoms with Crippen LogP contribution in [-0.4, -0.2) is 16.2 Å². The van der Waals surface area contributed by atoms with Crippen molar-refractivity contribution in [3.63, 3.8) is 0 Å². The number of nitrogens with two attached hydrogens (primary N) is 1. The van der Waals surface area contributed by atoms with E-state index in [2.05, 4.69) is 15.9 Å². The van der Waals surface area contributed by atoms with Crippen molar-refractivity contribution in [3.05, 3.63) is 27.7 Å². The predicted octanol–water partition coefficient (Wildman–Crippen LogP) is 1.55. The van der Waals surface area contributed by atoms with E-state index in [9.17, 15) is 9.90 Å². The molecule has 0 spiro atoms.